The number of aliphatic imine (C=N–C) groups is 1. The molecule has 0 saturated carbocycles. The number of halogens is 2. The number of hydrazone groups is 1. The molecule has 4 nitrogen and oxygen atoms in total. The molecule has 0 aliphatic carbocycles. The lowest BCUT2D eigenvalue weighted by atomic mass is 10.1. The smallest absolute Gasteiger partial charge is 0.212 e. The minimum absolute atomic E-state index is 0. The Labute approximate surface area is 105 Å². The van der Waals surface area contributed by atoms with Crippen LogP contribution < -0.4 is 10.7 Å². The molecule has 0 unspecified atom stereocenters. The van der Waals surface area contributed by atoms with Crippen molar-refractivity contribution >= 4 is 24.6 Å². The van der Waals surface area contributed by atoms with Gasteiger partial charge in [0.05, 0.1) is 12.8 Å². The monoisotopic (exact) mass is 256 g/mol. The van der Waals surface area contributed by atoms with Gasteiger partial charge in [0, 0.05) is 12.1 Å². The fraction of sp³-hybridized carbons (Fsp3) is 0.273. The second kappa shape index (κ2) is 6.20. The molecule has 1 aliphatic rings. The van der Waals surface area contributed by atoms with Gasteiger partial charge in [-0.2, -0.15) is 5.10 Å². The van der Waals surface area contributed by atoms with E-state index in [4.69, 9.17) is 0 Å². The number of hydrogen-bond donors (Lipinski definition) is 2. The highest BCUT2D eigenvalue weighted by atomic mass is 35.5. The summed E-state index contributed by atoms with van der Waals surface area (Å²) in [5, 5.41) is 6.94. The highest BCUT2D eigenvalue weighted by Crippen LogP contribution is 2.09. The van der Waals surface area contributed by atoms with Crippen molar-refractivity contribution in [2.45, 2.75) is 6.92 Å². The third-order valence-electron chi connectivity index (χ3n) is 2.31. The molecule has 6 heteroatoms. The van der Waals surface area contributed by atoms with E-state index in [0.717, 1.165) is 18.7 Å². The van der Waals surface area contributed by atoms with E-state index in [1.807, 2.05) is 13.0 Å². The maximum atomic E-state index is 13.4. The molecule has 0 aromatic heterocycles. The van der Waals surface area contributed by atoms with E-state index in [0.29, 0.717) is 11.5 Å². The van der Waals surface area contributed by atoms with Gasteiger partial charge in [-0.3, -0.25) is 0 Å². The standard InChI is InChI=1S/C11H13FN4.ClH/c1-8-3-2-4-10(12)9(8)7-15-16-11-13-5-6-14-11;/h2-4,7H,5-6H2,1H3,(H2,13,14,16);1H. The van der Waals surface area contributed by atoms with Gasteiger partial charge in [0.25, 0.3) is 0 Å². The van der Waals surface area contributed by atoms with Gasteiger partial charge >= 0.3 is 0 Å². The molecular formula is C11H14ClFN4. The van der Waals surface area contributed by atoms with Gasteiger partial charge in [0.2, 0.25) is 5.96 Å². The fourth-order valence-electron chi connectivity index (χ4n) is 1.44. The van der Waals surface area contributed by atoms with Crippen molar-refractivity contribution in [3.63, 3.8) is 0 Å². The molecule has 1 heterocycles. The van der Waals surface area contributed by atoms with Crippen molar-refractivity contribution in [3.05, 3.63) is 35.1 Å². The van der Waals surface area contributed by atoms with Crippen LogP contribution in [0.15, 0.2) is 28.3 Å². The third kappa shape index (κ3) is 3.42. The molecule has 1 aromatic rings. The van der Waals surface area contributed by atoms with Crippen LogP contribution in [0.5, 0.6) is 0 Å². The summed E-state index contributed by atoms with van der Waals surface area (Å²) in [5.41, 5.74) is 4.07. The third-order valence-corrected chi connectivity index (χ3v) is 2.31. The zero-order valence-electron chi connectivity index (χ0n) is 9.40. The summed E-state index contributed by atoms with van der Waals surface area (Å²) < 4.78 is 13.4. The average Bonchev–Trinajstić information content (AvgIpc) is 2.75. The van der Waals surface area contributed by atoms with Crippen molar-refractivity contribution in [3.8, 4) is 0 Å². The van der Waals surface area contributed by atoms with Gasteiger partial charge in [-0.1, -0.05) is 12.1 Å². The van der Waals surface area contributed by atoms with E-state index in [1.54, 1.807) is 6.07 Å². The van der Waals surface area contributed by atoms with E-state index in [-0.39, 0.29) is 18.2 Å². The maximum absolute atomic E-state index is 13.4. The molecule has 92 valence electrons. The van der Waals surface area contributed by atoms with Crippen molar-refractivity contribution in [1.29, 1.82) is 0 Å². The average molecular weight is 257 g/mol. The molecule has 0 bridgehead atoms. The molecule has 0 saturated heterocycles. The van der Waals surface area contributed by atoms with E-state index in [1.165, 1.54) is 12.3 Å². The Morgan fingerprint density at radius 2 is 2.35 bits per heavy atom. The zero-order chi connectivity index (χ0) is 11.4. The highest BCUT2D eigenvalue weighted by Gasteiger charge is 2.03. The molecule has 0 amide bonds. The van der Waals surface area contributed by atoms with Gasteiger partial charge in [-0.25, -0.2) is 14.8 Å². The van der Waals surface area contributed by atoms with Crippen LogP contribution in [0.2, 0.25) is 0 Å². The van der Waals surface area contributed by atoms with Gasteiger partial charge in [-0.05, 0) is 18.6 Å². The van der Waals surface area contributed by atoms with E-state index < -0.39 is 0 Å². The molecule has 1 aromatic carbocycles. The Balaban J connectivity index is 0.00000144. The van der Waals surface area contributed by atoms with E-state index in [9.17, 15) is 4.39 Å². The van der Waals surface area contributed by atoms with Gasteiger partial charge in [0.1, 0.15) is 5.82 Å². The van der Waals surface area contributed by atoms with E-state index >= 15 is 0 Å². The Morgan fingerprint density at radius 1 is 1.53 bits per heavy atom. The van der Waals surface area contributed by atoms with Crippen molar-refractivity contribution in [2.24, 2.45) is 10.1 Å². The Kier molecular flexibility index (Phi) is 4.90. The van der Waals surface area contributed by atoms with Crippen LogP contribution in [-0.4, -0.2) is 25.3 Å². The molecule has 0 fully saturated rings. The normalized spacial score (nSPS) is 14.1. The number of aryl methyl sites for hydroxylation is 1. The summed E-state index contributed by atoms with van der Waals surface area (Å²) in [4.78, 5) is 4.10. The Bertz CT molecular complexity index is 425. The first-order chi connectivity index (χ1) is 7.77. The molecule has 0 atom stereocenters. The fourth-order valence-corrected chi connectivity index (χ4v) is 1.44. The molecule has 2 rings (SSSR count). The topological polar surface area (TPSA) is 48.8 Å². The molecule has 0 spiro atoms. The number of nitrogens with one attached hydrogen (secondary N) is 2. The Morgan fingerprint density at radius 3 is 3.00 bits per heavy atom. The van der Waals surface area contributed by atoms with Crippen molar-refractivity contribution in [1.82, 2.24) is 10.7 Å². The first-order valence-corrected chi connectivity index (χ1v) is 5.10. The number of hydrogen-bond acceptors (Lipinski definition) is 4. The van der Waals surface area contributed by atoms with E-state index in [2.05, 4.69) is 20.8 Å². The van der Waals surface area contributed by atoms with Crippen molar-refractivity contribution in [2.75, 3.05) is 13.1 Å². The molecule has 0 radical (unpaired) electrons. The summed E-state index contributed by atoms with van der Waals surface area (Å²) in [5.74, 6) is 0.358. The lowest BCUT2D eigenvalue weighted by molar-refractivity contribution is 0.624. The summed E-state index contributed by atoms with van der Waals surface area (Å²) in [6.07, 6.45) is 1.47. The van der Waals surface area contributed by atoms with Crippen LogP contribution in [0.4, 0.5) is 4.39 Å². The van der Waals surface area contributed by atoms with Crippen LogP contribution in [0, 0.1) is 12.7 Å². The highest BCUT2D eigenvalue weighted by molar-refractivity contribution is 5.86. The van der Waals surface area contributed by atoms with Gasteiger partial charge in [-0.15, -0.1) is 12.4 Å². The predicted molar refractivity (Wildman–Crippen MR) is 69.4 cm³/mol. The maximum Gasteiger partial charge on any atom is 0.212 e. The van der Waals surface area contributed by atoms with Crippen LogP contribution in [-0.2, 0) is 0 Å². The molecule has 1 aliphatic heterocycles. The Hall–Kier alpha value is -1.62. The van der Waals surface area contributed by atoms with Crippen LogP contribution in [0.3, 0.4) is 0 Å². The second-order valence-electron chi connectivity index (χ2n) is 3.50. The summed E-state index contributed by atoms with van der Waals surface area (Å²) in [7, 11) is 0. The second-order valence-corrected chi connectivity index (χ2v) is 3.50. The summed E-state index contributed by atoms with van der Waals surface area (Å²) in [6.45, 7) is 3.41. The van der Waals surface area contributed by atoms with Crippen LogP contribution in [0.1, 0.15) is 11.1 Å². The number of benzene rings is 1. The zero-order valence-corrected chi connectivity index (χ0v) is 10.2. The van der Waals surface area contributed by atoms with Crippen LogP contribution in [0.25, 0.3) is 0 Å². The predicted octanol–water partition coefficient (Wildman–Crippen LogP) is 1.44. The van der Waals surface area contributed by atoms with Crippen LogP contribution >= 0.6 is 12.4 Å². The lowest BCUT2D eigenvalue weighted by Crippen LogP contribution is -2.30. The summed E-state index contributed by atoms with van der Waals surface area (Å²) >= 11 is 0. The molecule has 2 N–H and O–H groups in total. The lowest BCUT2D eigenvalue weighted by Gasteiger charge is -2.02. The first-order valence-electron chi connectivity index (χ1n) is 5.10. The number of rotatable bonds is 2. The molecule has 17 heavy (non-hydrogen) atoms. The van der Waals surface area contributed by atoms with Crippen molar-refractivity contribution < 1.29 is 4.39 Å². The number of guanidine groups is 1. The minimum Gasteiger partial charge on any atom is -0.353 e. The van der Waals surface area contributed by atoms with Gasteiger partial charge in [0.15, 0.2) is 0 Å². The number of nitrogens with zero attached hydrogens (tertiary/aromatic N) is 2. The summed E-state index contributed by atoms with van der Waals surface area (Å²) in [6, 6.07) is 4.94. The van der Waals surface area contributed by atoms with Gasteiger partial charge < -0.3 is 5.32 Å². The quantitative estimate of drug-likeness (QED) is 0.621. The minimum atomic E-state index is -0.271. The largest absolute Gasteiger partial charge is 0.353 e. The molecular weight excluding hydrogens is 243 g/mol. The first kappa shape index (κ1) is 13.4. The SMILES string of the molecule is Cc1cccc(F)c1C=NNC1=NCCN1.Cl.